The Balaban J connectivity index is 1.62. The van der Waals surface area contributed by atoms with Gasteiger partial charge in [0.25, 0.3) is 0 Å². The summed E-state index contributed by atoms with van der Waals surface area (Å²) in [5, 5.41) is 6.62. The van der Waals surface area contributed by atoms with Crippen LogP contribution in [0.1, 0.15) is 49.4 Å². The predicted octanol–water partition coefficient (Wildman–Crippen LogP) is 2.95. The van der Waals surface area contributed by atoms with Crippen LogP contribution in [-0.4, -0.2) is 68.7 Å². The summed E-state index contributed by atoms with van der Waals surface area (Å²) in [5.74, 6) is 3.81. The Hall–Kier alpha value is -2.69. The van der Waals surface area contributed by atoms with Crippen molar-refractivity contribution in [2.75, 3.05) is 64.4 Å². The van der Waals surface area contributed by atoms with Crippen LogP contribution in [0, 0.1) is 0 Å². The first-order valence-electron chi connectivity index (χ1n) is 12.0. The van der Waals surface area contributed by atoms with E-state index in [1.807, 2.05) is 18.2 Å². The van der Waals surface area contributed by atoms with Gasteiger partial charge in [0.2, 0.25) is 11.9 Å². The van der Waals surface area contributed by atoms with Gasteiger partial charge in [-0.15, -0.1) is 0 Å². The van der Waals surface area contributed by atoms with Crippen LogP contribution in [0.5, 0.6) is 11.5 Å². The molecule has 0 radical (unpaired) electrons. The molecule has 0 aliphatic heterocycles. The molecule has 1 heterocycles. The van der Waals surface area contributed by atoms with Gasteiger partial charge in [0, 0.05) is 31.6 Å². The second-order valence-electron chi connectivity index (χ2n) is 8.19. The van der Waals surface area contributed by atoms with Crippen molar-refractivity contribution in [2.24, 2.45) is 5.73 Å². The molecule has 3 rings (SSSR count). The molecule has 4 N–H and O–H groups in total. The van der Waals surface area contributed by atoms with Crippen molar-refractivity contribution < 1.29 is 18.9 Å². The van der Waals surface area contributed by atoms with E-state index in [1.54, 1.807) is 14.2 Å². The summed E-state index contributed by atoms with van der Waals surface area (Å²) >= 11 is 0. The van der Waals surface area contributed by atoms with Crippen molar-refractivity contribution in [1.29, 1.82) is 0 Å². The summed E-state index contributed by atoms with van der Waals surface area (Å²) in [6, 6.07) is 5.78. The number of nitrogens with one attached hydrogen (secondary N) is 2. The van der Waals surface area contributed by atoms with E-state index in [2.05, 4.69) is 15.6 Å². The van der Waals surface area contributed by atoms with Gasteiger partial charge >= 0.3 is 0 Å². The smallest absolute Gasteiger partial charge is 0.228 e. The van der Waals surface area contributed by atoms with Crippen LogP contribution in [0.3, 0.4) is 0 Å². The maximum Gasteiger partial charge on any atom is 0.228 e. The zero-order valence-electron chi connectivity index (χ0n) is 20.3. The van der Waals surface area contributed by atoms with Gasteiger partial charge < -0.3 is 35.3 Å². The third kappa shape index (κ3) is 8.58. The molecule has 1 aliphatic carbocycles. The fraction of sp³-hybridized carbons (Fsp3) is 0.625. The molecule has 0 unspecified atom stereocenters. The molecular weight excluding hydrogens is 436 g/mol. The molecule has 1 aliphatic rings. The van der Waals surface area contributed by atoms with E-state index in [0.717, 1.165) is 35.7 Å². The number of aromatic nitrogens is 3. The summed E-state index contributed by atoms with van der Waals surface area (Å²) < 4.78 is 21.6. The highest BCUT2D eigenvalue weighted by Crippen LogP contribution is 2.31. The van der Waals surface area contributed by atoms with Crippen molar-refractivity contribution in [3.8, 4) is 11.5 Å². The lowest BCUT2D eigenvalue weighted by molar-refractivity contribution is 0.0547. The Morgan fingerprint density at radius 1 is 0.824 bits per heavy atom. The van der Waals surface area contributed by atoms with Gasteiger partial charge in [0.15, 0.2) is 0 Å². The van der Waals surface area contributed by atoms with E-state index in [4.69, 9.17) is 34.6 Å². The lowest BCUT2D eigenvalue weighted by atomic mass is 9.89. The number of hydrogen-bond acceptors (Lipinski definition) is 10. The molecule has 1 fully saturated rings. The first kappa shape index (κ1) is 25.9. The Labute approximate surface area is 202 Å². The van der Waals surface area contributed by atoms with Crippen LogP contribution >= 0.6 is 0 Å². The summed E-state index contributed by atoms with van der Waals surface area (Å²) in [5.41, 5.74) is 6.41. The molecule has 0 spiro atoms. The van der Waals surface area contributed by atoms with Crippen LogP contribution in [0.15, 0.2) is 18.2 Å². The first-order valence-corrected chi connectivity index (χ1v) is 12.0. The highest BCUT2D eigenvalue weighted by Gasteiger charge is 2.20. The first-order chi connectivity index (χ1) is 16.7. The highest BCUT2D eigenvalue weighted by atomic mass is 16.5. The lowest BCUT2D eigenvalue weighted by Gasteiger charge is -2.21. The zero-order valence-corrected chi connectivity index (χ0v) is 20.3. The summed E-state index contributed by atoms with van der Waals surface area (Å²) in [4.78, 5) is 14.1. The van der Waals surface area contributed by atoms with Crippen molar-refractivity contribution >= 4 is 11.9 Å². The maximum absolute atomic E-state index is 5.59. The Morgan fingerprint density at radius 2 is 1.47 bits per heavy atom. The predicted molar refractivity (Wildman–Crippen MR) is 132 cm³/mol. The molecule has 1 saturated carbocycles. The standard InChI is InChI=1S/C24H38N6O4/c1-31-20-14-18(15-21(16-20)32-2)17-27-24-29-22(19-6-4-3-5-7-19)28-23(30-24)26-9-11-34-13-12-33-10-8-25/h14-16,19H,3-13,17,25H2,1-2H3,(H2,26,27,28,29,30). The van der Waals surface area contributed by atoms with Crippen LogP contribution in [0.2, 0.25) is 0 Å². The van der Waals surface area contributed by atoms with Gasteiger partial charge in [-0.1, -0.05) is 19.3 Å². The molecule has 188 valence electrons. The van der Waals surface area contributed by atoms with E-state index in [-0.39, 0.29) is 0 Å². The molecule has 10 nitrogen and oxygen atoms in total. The van der Waals surface area contributed by atoms with E-state index in [0.29, 0.717) is 63.9 Å². The third-order valence-corrected chi connectivity index (χ3v) is 5.65. The number of benzene rings is 1. The molecule has 10 heteroatoms. The lowest BCUT2D eigenvalue weighted by Crippen LogP contribution is -2.18. The van der Waals surface area contributed by atoms with Gasteiger partial charge in [-0.2, -0.15) is 15.0 Å². The van der Waals surface area contributed by atoms with E-state index < -0.39 is 0 Å². The molecule has 1 aromatic carbocycles. The summed E-state index contributed by atoms with van der Waals surface area (Å²) in [7, 11) is 3.28. The van der Waals surface area contributed by atoms with Crippen LogP contribution in [0.4, 0.5) is 11.9 Å². The van der Waals surface area contributed by atoms with E-state index in [9.17, 15) is 0 Å². The fourth-order valence-electron chi connectivity index (χ4n) is 3.88. The second kappa shape index (κ2) is 14.5. The number of methoxy groups -OCH3 is 2. The van der Waals surface area contributed by atoms with E-state index in [1.165, 1.54) is 19.3 Å². The Bertz CT molecular complexity index is 841. The van der Waals surface area contributed by atoms with Crippen molar-refractivity contribution in [3.05, 3.63) is 29.6 Å². The molecule has 0 bridgehead atoms. The molecule has 0 amide bonds. The summed E-state index contributed by atoms with van der Waals surface area (Å²) in [6.45, 7) is 3.80. The summed E-state index contributed by atoms with van der Waals surface area (Å²) in [6.07, 6.45) is 5.93. The average Bonchev–Trinajstić information content (AvgIpc) is 2.89. The highest BCUT2D eigenvalue weighted by molar-refractivity contribution is 5.41. The molecule has 1 aromatic heterocycles. The normalized spacial score (nSPS) is 14.1. The van der Waals surface area contributed by atoms with E-state index >= 15 is 0 Å². The van der Waals surface area contributed by atoms with Gasteiger partial charge in [0.1, 0.15) is 17.3 Å². The molecular formula is C24H38N6O4. The number of nitrogens with zero attached hydrogens (tertiary/aromatic N) is 3. The molecule has 0 atom stereocenters. The minimum atomic E-state index is 0.366. The number of nitrogens with two attached hydrogens (primary N) is 1. The van der Waals surface area contributed by atoms with Gasteiger partial charge in [-0.05, 0) is 30.5 Å². The maximum atomic E-state index is 5.59. The number of anilines is 2. The zero-order chi connectivity index (χ0) is 24.0. The number of ether oxygens (including phenoxy) is 4. The number of rotatable bonds is 15. The third-order valence-electron chi connectivity index (χ3n) is 5.65. The van der Waals surface area contributed by atoms with Crippen molar-refractivity contribution in [3.63, 3.8) is 0 Å². The van der Waals surface area contributed by atoms with Crippen LogP contribution < -0.4 is 25.8 Å². The van der Waals surface area contributed by atoms with Crippen molar-refractivity contribution in [1.82, 2.24) is 15.0 Å². The molecule has 2 aromatic rings. The van der Waals surface area contributed by atoms with Gasteiger partial charge in [-0.3, -0.25) is 0 Å². The monoisotopic (exact) mass is 474 g/mol. The van der Waals surface area contributed by atoms with Crippen molar-refractivity contribution in [2.45, 2.75) is 44.6 Å². The van der Waals surface area contributed by atoms with Gasteiger partial charge in [0.05, 0.1) is 40.6 Å². The molecule has 34 heavy (non-hydrogen) atoms. The topological polar surface area (TPSA) is 126 Å². The van der Waals surface area contributed by atoms with Crippen LogP contribution in [0.25, 0.3) is 0 Å². The Morgan fingerprint density at radius 3 is 2.12 bits per heavy atom. The minimum Gasteiger partial charge on any atom is -0.497 e. The van der Waals surface area contributed by atoms with Crippen LogP contribution in [-0.2, 0) is 16.0 Å². The fourth-order valence-corrected chi connectivity index (χ4v) is 3.88. The SMILES string of the molecule is COc1cc(CNc2nc(NCCOCCOCCN)nc(C3CCCCC3)n2)cc(OC)c1. The second-order valence-corrected chi connectivity index (χ2v) is 8.19. The largest absolute Gasteiger partial charge is 0.497 e. The van der Waals surface area contributed by atoms with Gasteiger partial charge in [-0.25, -0.2) is 0 Å². The quantitative estimate of drug-likeness (QED) is 0.332. The molecule has 0 saturated heterocycles. The minimum absolute atomic E-state index is 0.366. The average molecular weight is 475 g/mol. The Kier molecular flexibility index (Phi) is 11.1. The number of hydrogen-bond donors (Lipinski definition) is 3.